The number of aliphatic carboxylic acids is 1. The fourth-order valence-electron chi connectivity index (χ4n) is 5.08. The average Bonchev–Trinajstić information content (AvgIpc) is 3.59. The number of hydrogen-bond donors (Lipinski definition) is 4. The van der Waals surface area contributed by atoms with E-state index >= 15 is 0 Å². The topological polar surface area (TPSA) is 147 Å². The van der Waals surface area contributed by atoms with Gasteiger partial charge in [-0.15, -0.1) is 0 Å². The number of carboxylic acid groups (broad SMARTS) is 1. The van der Waals surface area contributed by atoms with E-state index in [0.717, 1.165) is 38.5 Å². The molecule has 3 aromatic carbocycles. The summed E-state index contributed by atoms with van der Waals surface area (Å²) in [6.07, 6.45) is 2.71. The second-order valence-electron chi connectivity index (χ2n) is 10.6. The van der Waals surface area contributed by atoms with Crippen molar-refractivity contribution in [2.24, 2.45) is 0 Å². The van der Waals surface area contributed by atoms with Gasteiger partial charge in [-0.2, -0.15) is 5.10 Å². The predicted octanol–water partition coefficient (Wildman–Crippen LogP) is 5.56. The molecule has 11 heteroatoms. The number of aliphatic hydroxyl groups excluding tert-OH is 1. The largest absolute Gasteiger partial charge is 0.481 e. The molecule has 0 aliphatic carbocycles. The van der Waals surface area contributed by atoms with Crippen LogP contribution in [0.15, 0.2) is 84.3 Å². The zero-order chi connectivity index (χ0) is 30.7. The van der Waals surface area contributed by atoms with Crippen molar-refractivity contribution in [3.63, 3.8) is 0 Å². The highest BCUT2D eigenvalue weighted by molar-refractivity contribution is 7.99. The quantitative estimate of drug-likeness (QED) is 0.106. The first-order chi connectivity index (χ1) is 21.5. The number of ether oxygens (including phenoxy) is 2. The van der Waals surface area contributed by atoms with Crippen molar-refractivity contribution in [3.8, 4) is 11.1 Å². The SMILES string of the molecule is O=C(O)CCCCC(=O)NCc1ccccc1-c1ccc([C@H]2O[C@@H](CSc3ncn[nH]3)C[C@@H](c3ccc(CO)cc3)O2)cc1. The van der Waals surface area contributed by atoms with E-state index in [0.29, 0.717) is 38.0 Å². The highest BCUT2D eigenvalue weighted by Gasteiger charge is 2.32. The highest BCUT2D eigenvalue weighted by Crippen LogP contribution is 2.39. The molecule has 3 atom stereocenters. The van der Waals surface area contributed by atoms with Crippen LogP contribution >= 0.6 is 11.8 Å². The molecule has 0 saturated carbocycles. The highest BCUT2D eigenvalue weighted by atomic mass is 32.2. The number of thioether (sulfide) groups is 1. The van der Waals surface area contributed by atoms with Gasteiger partial charge in [0.05, 0.1) is 18.8 Å². The maximum absolute atomic E-state index is 12.3. The number of unbranched alkanes of at least 4 members (excludes halogenated alkanes) is 1. The molecule has 0 bridgehead atoms. The molecule has 1 saturated heterocycles. The van der Waals surface area contributed by atoms with E-state index < -0.39 is 12.3 Å². The third-order valence-electron chi connectivity index (χ3n) is 7.45. The van der Waals surface area contributed by atoms with E-state index in [9.17, 15) is 14.7 Å². The number of aromatic amines is 1. The smallest absolute Gasteiger partial charge is 0.303 e. The lowest BCUT2D eigenvalue weighted by molar-refractivity contribution is -0.245. The number of nitrogens with zero attached hydrogens (tertiary/aromatic N) is 2. The fourth-order valence-corrected chi connectivity index (χ4v) is 5.88. The molecule has 1 amide bonds. The van der Waals surface area contributed by atoms with Crippen molar-refractivity contribution in [1.29, 1.82) is 0 Å². The molecule has 10 nitrogen and oxygen atoms in total. The summed E-state index contributed by atoms with van der Waals surface area (Å²) in [5, 5.41) is 28.7. The fraction of sp³-hybridized carbons (Fsp3) is 0.333. The summed E-state index contributed by atoms with van der Waals surface area (Å²) in [6.45, 7) is 0.371. The van der Waals surface area contributed by atoms with Gasteiger partial charge in [-0.25, -0.2) is 4.98 Å². The first-order valence-corrected chi connectivity index (χ1v) is 15.6. The van der Waals surface area contributed by atoms with Crippen molar-refractivity contribution in [2.75, 3.05) is 5.75 Å². The number of rotatable bonds is 14. The molecule has 1 aliphatic rings. The molecule has 2 heterocycles. The summed E-state index contributed by atoms with van der Waals surface area (Å²) in [6, 6.07) is 23.8. The van der Waals surface area contributed by atoms with Crippen LogP contribution in [0.3, 0.4) is 0 Å². The average molecular weight is 617 g/mol. The summed E-state index contributed by atoms with van der Waals surface area (Å²) < 4.78 is 12.9. The molecule has 4 N–H and O–H groups in total. The Morgan fingerprint density at radius 1 is 0.955 bits per heavy atom. The number of carbonyl (C=O) groups excluding carboxylic acids is 1. The molecule has 0 spiro atoms. The van der Waals surface area contributed by atoms with E-state index in [1.807, 2.05) is 72.8 Å². The van der Waals surface area contributed by atoms with E-state index in [1.165, 1.54) is 6.33 Å². The lowest BCUT2D eigenvalue weighted by Crippen LogP contribution is -2.31. The second-order valence-corrected chi connectivity index (χ2v) is 11.6. The van der Waals surface area contributed by atoms with Crippen molar-refractivity contribution in [3.05, 3.63) is 101 Å². The number of H-pyrrole nitrogens is 1. The number of benzene rings is 3. The second kappa shape index (κ2) is 15.6. The third kappa shape index (κ3) is 8.76. The van der Waals surface area contributed by atoms with Crippen molar-refractivity contribution in [2.45, 2.75) is 68.9 Å². The van der Waals surface area contributed by atoms with E-state index in [4.69, 9.17) is 14.6 Å². The standard InChI is InChI=1S/C33H36N4O6S/c38-19-22-9-11-24(12-10-22)29-17-27(20-44-33-35-21-36-37-33)42-32(43-29)25-15-13-23(14-16-25)28-6-2-1-5-26(28)18-34-30(39)7-3-4-8-31(40)41/h1-2,5-6,9-16,21,27,29,32,38H,3-4,7-8,17-20H2,(H,34,39)(H,40,41)(H,35,36,37)/t27-,29+,32+/m1/s1. The van der Waals surface area contributed by atoms with Gasteiger partial charge in [-0.3, -0.25) is 14.7 Å². The Morgan fingerprint density at radius 3 is 2.43 bits per heavy atom. The minimum atomic E-state index is -0.845. The van der Waals surface area contributed by atoms with Gasteiger partial charge >= 0.3 is 5.97 Å². The van der Waals surface area contributed by atoms with Gasteiger partial charge in [-0.05, 0) is 40.7 Å². The van der Waals surface area contributed by atoms with Gasteiger partial charge in [0.2, 0.25) is 5.91 Å². The zero-order valence-electron chi connectivity index (χ0n) is 24.2. The van der Waals surface area contributed by atoms with E-state index in [-0.39, 0.29) is 31.1 Å². The van der Waals surface area contributed by atoms with Gasteiger partial charge in [0, 0.05) is 37.1 Å². The zero-order valence-corrected chi connectivity index (χ0v) is 25.0. The van der Waals surface area contributed by atoms with Gasteiger partial charge in [-0.1, -0.05) is 84.6 Å². The number of aromatic nitrogens is 3. The maximum atomic E-state index is 12.3. The van der Waals surface area contributed by atoms with Crippen LogP contribution in [0.25, 0.3) is 11.1 Å². The maximum Gasteiger partial charge on any atom is 0.303 e. The van der Waals surface area contributed by atoms with E-state index in [2.05, 4.69) is 20.5 Å². The Labute approximate surface area is 260 Å². The minimum Gasteiger partial charge on any atom is -0.481 e. The van der Waals surface area contributed by atoms with Crippen LogP contribution in [-0.2, 0) is 32.2 Å². The summed E-state index contributed by atoms with van der Waals surface area (Å²) in [5.74, 6) is -0.262. The van der Waals surface area contributed by atoms with Gasteiger partial charge in [0.1, 0.15) is 6.33 Å². The van der Waals surface area contributed by atoms with Gasteiger partial charge < -0.3 is 25.0 Å². The molecular weight excluding hydrogens is 580 g/mol. The number of nitrogens with one attached hydrogen (secondary N) is 2. The molecule has 1 aromatic heterocycles. The summed E-state index contributed by atoms with van der Waals surface area (Å²) in [4.78, 5) is 27.2. The van der Waals surface area contributed by atoms with Crippen molar-refractivity contribution < 1.29 is 29.3 Å². The number of amides is 1. The minimum absolute atomic E-state index is 0.00949. The van der Waals surface area contributed by atoms with Crippen LogP contribution in [0.5, 0.6) is 0 Å². The molecule has 5 rings (SSSR count). The number of carbonyl (C=O) groups is 2. The number of aliphatic hydroxyl groups is 1. The molecule has 44 heavy (non-hydrogen) atoms. The first-order valence-electron chi connectivity index (χ1n) is 14.6. The van der Waals surface area contributed by atoms with Gasteiger partial charge in [0.25, 0.3) is 0 Å². The van der Waals surface area contributed by atoms with Crippen LogP contribution in [0.1, 0.15) is 66.8 Å². The number of hydrogen-bond acceptors (Lipinski definition) is 8. The lowest BCUT2D eigenvalue weighted by Gasteiger charge is -2.36. The first kappa shape index (κ1) is 31.4. The summed E-state index contributed by atoms with van der Waals surface area (Å²) in [5.41, 5.74) is 5.77. The van der Waals surface area contributed by atoms with Gasteiger partial charge in [0.15, 0.2) is 11.4 Å². The molecule has 0 unspecified atom stereocenters. The van der Waals surface area contributed by atoms with E-state index in [1.54, 1.807) is 11.8 Å². The molecular formula is C33H36N4O6S. The summed E-state index contributed by atoms with van der Waals surface area (Å²) >= 11 is 1.55. The summed E-state index contributed by atoms with van der Waals surface area (Å²) in [7, 11) is 0. The third-order valence-corrected chi connectivity index (χ3v) is 8.45. The lowest BCUT2D eigenvalue weighted by atomic mass is 9.97. The van der Waals surface area contributed by atoms with Crippen LogP contribution in [-0.4, -0.2) is 49.1 Å². The Morgan fingerprint density at radius 2 is 1.70 bits per heavy atom. The monoisotopic (exact) mass is 616 g/mol. The number of carboxylic acids is 1. The predicted molar refractivity (Wildman–Crippen MR) is 165 cm³/mol. The molecule has 1 aliphatic heterocycles. The Balaban J connectivity index is 1.26. The molecule has 0 radical (unpaired) electrons. The molecule has 4 aromatic rings. The molecule has 230 valence electrons. The Hall–Kier alpha value is -4.03. The Kier molecular flexibility index (Phi) is 11.1. The normalized spacial score (nSPS) is 18.2. The van der Waals surface area contributed by atoms with Crippen molar-refractivity contribution in [1.82, 2.24) is 20.5 Å². The van der Waals surface area contributed by atoms with Crippen molar-refractivity contribution >= 4 is 23.6 Å². The van der Waals surface area contributed by atoms with Crippen LogP contribution in [0.4, 0.5) is 0 Å². The van der Waals surface area contributed by atoms with Crippen LogP contribution in [0.2, 0.25) is 0 Å². The Bertz CT molecular complexity index is 1500. The molecule has 1 fully saturated rings. The van der Waals surface area contributed by atoms with Crippen LogP contribution in [0, 0.1) is 0 Å². The van der Waals surface area contributed by atoms with Crippen LogP contribution < -0.4 is 5.32 Å².